The molecule has 0 saturated carbocycles. The van der Waals surface area contributed by atoms with Crippen LogP contribution < -0.4 is 5.32 Å². The number of hydrogen-bond acceptors (Lipinski definition) is 4. The molecule has 1 aromatic heterocycles. The van der Waals surface area contributed by atoms with Crippen LogP contribution in [0.2, 0.25) is 5.02 Å². The number of hydrogen-bond donors (Lipinski definition) is 2. The van der Waals surface area contributed by atoms with Crippen LogP contribution in [0.4, 0.5) is 0 Å². The number of carbonyl (C=O) groups excluding carboxylic acids is 1. The van der Waals surface area contributed by atoms with Crippen LogP contribution in [0.15, 0.2) is 30.5 Å². The molecule has 1 atom stereocenters. The van der Waals surface area contributed by atoms with Crippen LogP contribution in [-0.2, 0) is 0 Å². The Hall–Kier alpha value is -1.92. The zero-order valence-electron chi connectivity index (χ0n) is 11.0. The fourth-order valence-electron chi connectivity index (χ4n) is 1.66. The molecule has 106 valence electrons. The van der Waals surface area contributed by atoms with Gasteiger partial charge in [-0.1, -0.05) is 17.7 Å². The van der Waals surface area contributed by atoms with Crippen molar-refractivity contribution in [1.29, 1.82) is 0 Å². The molecule has 0 fully saturated rings. The van der Waals surface area contributed by atoms with E-state index < -0.39 is 0 Å². The summed E-state index contributed by atoms with van der Waals surface area (Å²) in [5, 5.41) is 20.3. The summed E-state index contributed by atoms with van der Waals surface area (Å²) in [4.78, 5) is 13.3. The minimum Gasteiger partial charge on any atom is -0.396 e. The molecule has 0 spiro atoms. The van der Waals surface area contributed by atoms with Gasteiger partial charge in [0.05, 0.1) is 11.9 Å². The van der Waals surface area contributed by atoms with Gasteiger partial charge in [-0.3, -0.25) is 4.79 Å². The zero-order valence-corrected chi connectivity index (χ0v) is 11.7. The first-order chi connectivity index (χ1) is 9.60. The van der Waals surface area contributed by atoms with Crippen molar-refractivity contribution in [3.05, 3.63) is 41.2 Å². The lowest BCUT2D eigenvalue weighted by atomic mass is 10.2. The Bertz CT molecular complexity index is 600. The first-order valence-electron chi connectivity index (χ1n) is 6.20. The van der Waals surface area contributed by atoms with Crippen LogP contribution in [0, 0.1) is 0 Å². The van der Waals surface area contributed by atoms with Crippen LogP contribution in [0.3, 0.4) is 0 Å². The largest absolute Gasteiger partial charge is 0.396 e. The Morgan fingerprint density at radius 2 is 2.35 bits per heavy atom. The van der Waals surface area contributed by atoms with Crippen molar-refractivity contribution in [2.45, 2.75) is 19.4 Å². The molecule has 20 heavy (non-hydrogen) atoms. The highest BCUT2D eigenvalue weighted by Crippen LogP contribution is 2.13. The standard InChI is InChI=1S/C13H15ClN4O2/c1-9(5-6-19)16-13(20)12-8-15-18(17-12)11-4-2-3-10(14)7-11/h2-4,7-9,19H,5-6H2,1H3,(H,16,20). The van der Waals surface area contributed by atoms with Gasteiger partial charge >= 0.3 is 0 Å². The van der Waals surface area contributed by atoms with E-state index in [4.69, 9.17) is 16.7 Å². The molecule has 6 nitrogen and oxygen atoms in total. The smallest absolute Gasteiger partial charge is 0.273 e. The number of aliphatic hydroxyl groups excluding tert-OH is 1. The van der Waals surface area contributed by atoms with E-state index in [1.54, 1.807) is 24.3 Å². The van der Waals surface area contributed by atoms with Gasteiger partial charge in [0.2, 0.25) is 0 Å². The van der Waals surface area contributed by atoms with Crippen LogP contribution in [0.1, 0.15) is 23.8 Å². The normalized spacial score (nSPS) is 12.2. The van der Waals surface area contributed by atoms with E-state index in [1.165, 1.54) is 11.0 Å². The molecule has 0 aliphatic rings. The van der Waals surface area contributed by atoms with Gasteiger partial charge in [-0.25, -0.2) is 0 Å². The van der Waals surface area contributed by atoms with Gasteiger partial charge in [-0.2, -0.15) is 9.90 Å². The van der Waals surface area contributed by atoms with Crippen LogP contribution in [0.5, 0.6) is 0 Å². The minimum atomic E-state index is -0.320. The van der Waals surface area contributed by atoms with Gasteiger partial charge in [0.25, 0.3) is 5.91 Å². The lowest BCUT2D eigenvalue weighted by Crippen LogP contribution is -2.33. The van der Waals surface area contributed by atoms with Gasteiger partial charge in [0, 0.05) is 17.7 Å². The Morgan fingerprint density at radius 3 is 3.05 bits per heavy atom. The molecular weight excluding hydrogens is 280 g/mol. The van der Waals surface area contributed by atoms with Crippen molar-refractivity contribution in [2.24, 2.45) is 0 Å². The summed E-state index contributed by atoms with van der Waals surface area (Å²) < 4.78 is 0. The van der Waals surface area contributed by atoms with Crippen LogP contribution >= 0.6 is 11.6 Å². The first-order valence-corrected chi connectivity index (χ1v) is 6.58. The number of aliphatic hydroxyl groups is 1. The third kappa shape index (κ3) is 3.55. The predicted octanol–water partition coefficient (Wildman–Crippen LogP) is 1.42. The summed E-state index contributed by atoms with van der Waals surface area (Å²) in [6, 6.07) is 6.91. The maximum atomic E-state index is 11.9. The van der Waals surface area contributed by atoms with Crippen molar-refractivity contribution in [3.63, 3.8) is 0 Å². The van der Waals surface area contributed by atoms with Crippen molar-refractivity contribution < 1.29 is 9.90 Å². The summed E-state index contributed by atoms with van der Waals surface area (Å²) in [5.74, 6) is -0.320. The second kappa shape index (κ2) is 6.49. The third-order valence-electron chi connectivity index (χ3n) is 2.70. The van der Waals surface area contributed by atoms with Crippen molar-refractivity contribution in [2.75, 3.05) is 6.61 Å². The lowest BCUT2D eigenvalue weighted by Gasteiger charge is -2.10. The van der Waals surface area contributed by atoms with E-state index in [-0.39, 0.29) is 24.2 Å². The molecule has 1 amide bonds. The summed E-state index contributed by atoms with van der Waals surface area (Å²) >= 11 is 5.90. The SMILES string of the molecule is CC(CCO)NC(=O)c1cnn(-c2cccc(Cl)c2)n1. The fraction of sp³-hybridized carbons (Fsp3) is 0.308. The second-order valence-corrected chi connectivity index (χ2v) is 4.82. The monoisotopic (exact) mass is 294 g/mol. The fourth-order valence-corrected chi connectivity index (χ4v) is 1.84. The average Bonchev–Trinajstić information content (AvgIpc) is 2.88. The van der Waals surface area contributed by atoms with E-state index >= 15 is 0 Å². The number of nitrogens with zero attached hydrogens (tertiary/aromatic N) is 3. The highest BCUT2D eigenvalue weighted by atomic mass is 35.5. The molecule has 2 aromatic rings. The topological polar surface area (TPSA) is 80.0 Å². The Kier molecular flexibility index (Phi) is 4.70. The molecule has 7 heteroatoms. The molecule has 1 heterocycles. The Balaban J connectivity index is 2.11. The highest BCUT2D eigenvalue weighted by molar-refractivity contribution is 6.30. The molecule has 1 unspecified atom stereocenters. The van der Waals surface area contributed by atoms with Gasteiger partial charge in [0.15, 0.2) is 5.69 Å². The van der Waals surface area contributed by atoms with Crippen LogP contribution in [-0.4, -0.2) is 38.7 Å². The molecule has 2 rings (SSSR count). The van der Waals surface area contributed by atoms with E-state index in [1.807, 2.05) is 6.92 Å². The predicted molar refractivity (Wildman–Crippen MR) is 75.0 cm³/mol. The van der Waals surface area contributed by atoms with Crippen molar-refractivity contribution in [1.82, 2.24) is 20.3 Å². The van der Waals surface area contributed by atoms with E-state index in [2.05, 4.69) is 15.5 Å². The summed E-state index contributed by atoms with van der Waals surface area (Å²) in [5.41, 5.74) is 0.898. The molecule has 1 aromatic carbocycles. The summed E-state index contributed by atoms with van der Waals surface area (Å²) in [7, 11) is 0. The van der Waals surface area contributed by atoms with Gasteiger partial charge < -0.3 is 10.4 Å². The summed E-state index contributed by atoms with van der Waals surface area (Å²) in [6.07, 6.45) is 1.88. The maximum Gasteiger partial charge on any atom is 0.273 e. The second-order valence-electron chi connectivity index (χ2n) is 4.39. The molecule has 0 aliphatic heterocycles. The minimum absolute atomic E-state index is 0.0245. The molecule has 0 saturated heterocycles. The molecule has 0 radical (unpaired) electrons. The third-order valence-corrected chi connectivity index (χ3v) is 2.94. The molecular formula is C13H15ClN4O2. The average molecular weight is 295 g/mol. The molecule has 0 aliphatic carbocycles. The quantitative estimate of drug-likeness (QED) is 0.874. The van der Waals surface area contributed by atoms with Crippen molar-refractivity contribution in [3.8, 4) is 5.69 Å². The number of rotatable bonds is 5. The van der Waals surface area contributed by atoms with E-state index in [0.717, 1.165) is 0 Å². The van der Waals surface area contributed by atoms with E-state index in [9.17, 15) is 4.79 Å². The Morgan fingerprint density at radius 1 is 1.55 bits per heavy atom. The lowest BCUT2D eigenvalue weighted by molar-refractivity contribution is 0.0929. The first kappa shape index (κ1) is 14.5. The molecule has 2 N–H and O–H groups in total. The number of benzene rings is 1. The van der Waals surface area contributed by atoms with Crippen LogP contribution in [0.25, 0.3) is 5.69 Å². The maximum absolute atomic E-state index is 11.9. The van der Waals surface area contributed by atoms with Gasteiger partial charge in [-0.15, -0.1) is 5.10 Å². The highest BCUT2D eigenvalue weighted by Gasteiger charge is 2.13. The number of carbonyl (C=O) groups is 1. The summed E-state index contributed by atoms with van der Waals surface area (Å²) in [6.45, 7) is 1.84. The number of amides is 1. The van der Waals surface area contributed by atoms with Gasteiger partial charge in [-0.05, 0) is 31.5 Å². The number of halogens is 1. The van der Waals surface area contributed by atoms with Crippen molar-refractivity contribution >= 4 is 17.5 Å². The zero-order chi connectivity index (χ0) is 14.5. The molecule has 0 bridgehead atoms. The Labute approximate surface area is 121 Å². The number of nitrogens with one attached hydrogen (secondary N) is 1. The number of aromatic nitrogens is 3. The van der Waals surface area contributed by atoms with E-state index in [0.29, 0.717) is 17.1 Å². The van der Waals surface area contributed by atoms with Gasteiger partial charge in [0.1, 0.15) is 0 Å².